The number of nitrogens with one attached hydrogen (secondary N) is 1. The third-order valence-electron chi connectivity index (χ3n) is 5.21. The zero-order valence-electron chi connectivity index (χ0n) is 18.6. The van der Waals surface area contributed by atoms with Gasteiger partial charge in [-0.2, -0.15) is 5.10 Å². The third-order valence-corrected chi connectivity index (χ3v) is 6.32. The van der Waals surface area contributed by atoms with E-state index in [1.807, 2.05) is 31.2 Å². The molecule has 0 aliphatic rings. The van der Waals surface area contributed by atoms with Gasteiger partial charge in [-0.3, -0.25) is 14.0 Å². The van der Waals surface area contributed by atoms with E-state index in [-0.39, 0.29) is 17.9 Å². The molecule has 0 aliphatic carbocycles. The summed E-state index contributed by atoms with van der Waals surface area (Å²) in [6.07, 6.45) is 0.819. The summed E-state index contributed by atoms with van der Waals surface area (Å²) in [7, 11) is 1.62. The SMILES string of the molecule is COCCCNC(=O)Cc1csc2nc(C)c(-c3cc(C)n(-c4cccc(Cl)c4)n3)c(=O)n12. The van der Waals surface area contributed by atoms with E-state index in [4.69, 9.17) is 16.3 Å². The zero-order valence-corrected chi connectivity index (χ0v) is 20.2. The molecule has 4 rings (SSSR count). The van der Waals surface area contributed by atoms with E-state index < -0.39 is 0 Å². The zero-order chi connectivity index (χ0) is 23.5. The highest BCUT2D eigenvalue weighted by molar-refractivity contribution is 7.15. The van der Waals surface area contributed by atoms with Crippen molar-refractivity contribution in [3.05, 3.63) is 68.2 Å². The van der Waals surface area contributed by atoms with Crippen LogP contribution < -0.4 is 10.9 Å². The first-order valence-electron chi connectivity index (χ1n) is 10.5. The van der Waals surface area contributed by atoms with Crippen LogP contribution in [0.3, 0.4) is 0 Å². The van der Waals surface area contributed by atoms with Gasteiger partial charge in [-0.15, -0.1) is 11.3 Å². The van der Waals surface area contributed by atoms with E-state index >= 15 is 0 Å². The number of ether oxygens (including phenoxy) is 1. The normalized spacial score (nSPS) is 11.3. The van der Waals surface area contributed by atoms with Crippen molar-refractivity contribution in [3.63, 3.8) is 0 Å². The lowest BCUT2D eigenvalue weighted by Crippen LogP contribution is -2.28. The lowest BCUT2D eigenvalue weighted by molar-refractivity contribution is -0.120. The molecule has 3 aromatic heterocycles. The summed E-state index contributed by atoms with van der Waals surface area (Å²) in [6.45, 7) is 4.81. The summed E-state index contributed by atoms with van der Waals surface area (Å²) in [4.78, 5) is 31.1. The van der Waals surface area contributed by atoms with Crippen LogP contribution in [0.1, 0.15) is 23.5 Å². The summed E-state index contributed by atoms with van der Waals surface area (Å²) < 4.78 is 8.25. The van der Waals surface area contributed by atoms with E-state index in [1.54, 1.807) is 30.2 Å². The number of benzene rings is 1. The van der Waals surface area contributed by atoms with Crippen molar-refractivity contribution in [1.29, 1.82) is 0 Å². The van der Waals surface area contributed by atoms with Crippen LogP contribution in [0.4, 0.5) is 0 Å². The average molecular weight is 486 g/mol. The molecule has 1 aromatic carbocycles. The minimum Gasteiger partial charge on any atom is -0.385 e. The van der Waals surface area contributed by atoms with Crippen molar-refractivity contribution in [2.75, 3.05) is 20.3 Å². The number of methoxy groups -OCH3 is 1. The molecular formula is C23H24ClN5O3S. The number of carbonyl (C=O) groups is 1. The Morgan fingerprint density at radius 1 is 1.27 bits per heavy atom. The van der Waals surface area contributed by atoms with Crippen molar-refractivity contribution in [1.82, 2.24) is 24.5 Å². The van der Waals surface area contributed by atoms with Gasteiger partial charge in [0.1, 0.15) is 5.69 Å². The number of hydrogen-bond acceptors (Lipinski definition) is 6. The third kappa shape index (κ3) is 4.85. The fourth-order valence-corrected chi connectivity index (χ4v) is 4.77. The topological polar surface area (TPSA) is 90.5 Å². The monoisotopic (exact) mass is 485 g/mol. The number of carbonyl (C=O) groups excluding carboxylic acids is 1. The number of nitrogens with zero attached hydrogens (tertiary/aromatic N) is 4. The van der Waals surface area contributed by atoms with Crippen LogP contribution in [0.15, 0.2) is 40.5 Å². The van der Waals surface area contributed by atoms with Gasteiger partial charge in [0.25, 0.3) is 5.56 Å². The number of hydrogen-bond donors (Lipinski definition) is 1. The molecular weight excluding hydrogens is 462 g/mol. The number of amides is 1. The van der Waals surface area contributed by atoms with Gasteiger partial charge in [-0.05, 0) is 44.5 Å². The standard InChI is InChI=1S/C23H24ClN5O3S/c1-14-10-19(27-29(14)17-7-4-6-16(24)11-17)21-15(2)26-23-28(22(21)31)18(13-33-23)12-20(30)25-8-5-9-32-3/h4,6-7,10-11,13H,5,8-9,12H2,1-3H3,(H,25,30). The fraction of sp³-hybridized carbons (Fsp3) is 0.304. The fourth-order valence-electron chi connectivity index (χ4n) is 3.66. The summed E-state index contributed by atoms with van der Waals surface area (Å²) in [5.74, 6) is -0.152. The molecule has 0 saturated heterocycles. The first-order chi connectivity index (χ1) is 15.9. The van der Waals surface area contributed by atoms with Crippen LogP contribution in [0.5, 0.6) is 0 Å². The number of aromatic nitrogens is 4. The van der Waals surface area contributed by atoms with Crippen LogP contribution >= 0.6 is 22.9 Å². The molecule has 1 amide bonds. The Balaban J connectivity index is 1.70. The van der Waals surface area contributed by atoms with Gasteiger partial charge in [0.2, 0.25) is 5.91 Å². The molecule has 0 fully saturated rings. The lowest BCUT2D eigenvalue weighted by atomic mass is 10.1. The summed E-state index contributed by atoms with van der Waals surface area (Å²) in [6, 6.07) is 9.22. The molecule has 0 aliphatic heterocycles. The van der Waals surface area contributed by atoms with Crippen molar-refractivity contribution >= 4 is 33.8 Å². The van der Waals surface area contributed by atoms with Crippen LogP contribution in [-0.2, 0) is 16.0 Å². The van der Waals surface area contributed by atoms with E-state index in [1.165, 1.54) is 15.7 Å². The first-order valence-corrected chi connectivity index (χ1v) is 11.7. The minimum absolute atomic E-state index is 0.0903. The molecule has 8 nitrogen and oxygen atoms in total. The van der Waals surface area contributed by atoms with E-state index in [2.05, 4.69) is 15.4 Å². The van der Waals surface area contributed by atoms with E-state index in [0.717, 1.165) is 17.8 Å². The molecule has 0 spiro atoms. The second-order valence-electron chi connectivity index (χ2n) is 7.66. The highest BCUT2D eigenvalue weighted by Crippen LogP contribution is 2.24. The van der Waals surface area contributed by atoms with Crippen molar-refractivity contribution in [2.45, 2.75) is 26.7 Å². The Morgan fingerprint density at radius 3 is 2.85 bits per heavy atom. The molecule has 0 atom stereocenters. The quantitative estimate of drug-likeness (QED) is 0.385. The Morgan fingerprint density at radius 2 is 2.09 bits per heavy atom. The predicted octanol–water partition coefficient (Wildman–Crippen LogP) is 3.57. The molecule has 10 heteroatoms. The molecule has 33 heavy (non-hydrogen) atoms. The number of fused-ring (bicyclic) bond motifs is 1. The minimum atomic E-state index is -0.239. The van der Waals surface area contributed by atoms with Crippen molar-refractivity contribution in [2.24, 2.45) is 0 Å². The number of thiazole rings is 1. The van der Waals surface area contributed by atoms with Crippen LogP contribution in [-0.4, -0.2) is 45.3 Å². The smallest absolute Gasteiger partial charge is 0.268 e. The average Bonchev–Trinajstić information content (AvgIpc) is 3.34. The highest BCUT2D eigenvalue weighted by atomic mass is 35.5. The number of halogens is 1. The van der Waals surface area contributed by atoms with Gasteiger partial charge in [0.15, 0.2) is 4.96 Å². The maximum atomic E-state index is 13.5. The Bertz CT molecular complexity index is 1370. The van der Waals surface area contributed by atoms with Gasteiger partial charge in [-0.1, -0.05) is 17.7 Å². The number of aryl methyl sites for hydroxylation is 2. The Hall–Kier alpha value is -3.01. The van der Waals surface area contributed by atoms with Crippen molar-refractivity contribution in [3.8, 4) is 16.9 Å². The molecule has 172 valence electrons. The van der Waals surface area contributed by atoms with Gasteiger partial charge in [0.05, 0.1) is 23.4 Å². The molecule has 0 unspecified atom stereocenters. The maximum absolute atomic E-state index is 13.5. The van der Waals surface area contributed by atoms with Gasteiger partial charge in [0, 0.05) is 42.1 Å². The molecule has 0 saturated carbocycles. The summed E-state index contributed by atoms with van der Waals surface area (Å²) in [5.41, 5.74) is 3.56. The molecule has 0 radical (unpaired) electrons. The summed E-state index contributed by atoms with van der Waals surface area (Å²) >= 11 is 7.48. The largest absolute Gasteiger partial charge is 0.385 e. The van der Waals surface area contributed by atoms with Gasteiger partial charge in [-0.25, -0.2) is 9.67 Å². The Labute approximate surface area is 199 Å². The summed E-state index contributed by atoms with van der Waals surface area (Å²) in [5, 5.41) is 9.93. The van der Waals surface area contributed by atoms with Crippen LogP contribution in [0, 0.1) is 13.8 Å². The van der Waals surface area contributed by atoms with Crippen LogP contribution in [0.2, 0.25) is 5.02 Å². The lowest BCUT2D eigenvalue weighted by Gasteiger charge is -2.07. The van der Waals surface area contributed by atoms with Crippen LogP contribution in [0.25, 0.3) is 21.9 Å². The van der Waals surface area contributed by atoms with E-state index in [9.17, 15) is 9.59 Å². The molecule has 3 heterocycles. The predicted molar refractivity (Wildman–Crippen MR) is 130 cm³/mol. The second kappa shape index (κ2) is 9.86. The molecule has 0 bridgehead atoms. The van der Waals surface area contributed by atoms with Gasteiger partial charge < -0.3 is 10.1 Å². The maximum Gasteiger partial charge on any atom is 0.268 e. The molecule has 4 aromatic rings. The molecule has 1 N–H and O–H groups in total. The highest BCUT2D eigenvalue weighted by Gasteiger charge is 2.20. The van der Waals surface area contributed by atoms with Crippen molar-refractivity contribution < 1.29 is 9.53 Å². The second-order valence-corrected chi connectivity index (χ2v) is 8.93. The Kier molecular flexibility index (Phi) is 6.92. The first kappa shape index (κ1) is 23.2. The van der Waals surface area contributed by atoms with Gasteiger partial charge >= 0.3 is 0 Å². The number of rotatable bonds is 8. The van der Waals surface area contributed by atoms with E-state index in [0.29, 0.717) is 45.8 Å².